The molecular weight excluding hydrogens is 230 g/mol. The molecule has 2 unspecified atom stereocenters. The van der Waals surface area contributed by atoms with E-state index >= 15 is 0 Å². The van der Waals surface area contributed by atoms with E-state index < -0.39 is 0 Å². The molecule has 0 aliphatic carbocycles. The Kier molecular flexibility index (Phi) is 7.23. The zero-order valence-corrected chi connectivity index (χ0v) is 11.8. The number of nitrogens with one attached hydrogen (secondary N) is 3. The van der Waals surface area contributed by atoms with Gasteiger partial charge in [-0.25, -0.2) is 0 Å². The maximum Gasteiger partial charge on any atom is 0.233 e. The third-order valence-electron chi connectivity index (χ3n) is 2.96. The molecular formula is C13H27N3O2. The average molecular weight is 257 g/mol. The van der Waals surface area contributed by atoms with Crippen molar-refractivity contribution in [2.45, 2.75) is 39.3 Å². The summed E-state index contributed by atoms with van der Waals surface area (Å²) in [6.07, 6.45) is 0.984. The number of carbonyl (C=O) groups is 1. The van der Waals surface area contributed by atoms with Crippen molar-refractivity contribution in [2.75, 3.05) is 32.8 Å². The minimum atomic E-state index is 0.0726. The van der Waals surface area contributed by atoms with Gasteiger partial charge >= 0.3 is 0 Å². The van der Waals surface area contributed by atoms with Crippen LogP contribution in [0.4, 0.5) is 0 Å². The van der Waals surface area contributed by atoms with Crippen molar-refractivity contribution in [3.8, 4) is 0 Å². The number of ether oxygens (including phenoxy) is 1. The molecule has 0 aromatic heterocycles. The van der Waals surface area contributed by atoms with E-state index in [1.165, 1.54) is 0 Å². The summed E-state index contributed by atoms with van der Waals surface area (Å²) in [6, 6.07) is 0.717. The first-order chi connectivity index (χ1) is 8.58. The summed E-state index contributed by atoms with van der Waals surface area (Å²) in [5.41, 5.74) is 0. The standard InChI is InChI=1S/C13H27N3O2/c1-10(2)7-16-13(17)8-15-11(3)6-12-9-18-5-4-14-12/h10-12,14-15H,4-9H2,1-3H3,(H,16,17). The van der Waals surface area contributed by atoms with E-state index in [2.05, 4.69) is 36.7 Å². The van der Waals surface area contributed by atoms with Gasteiger partial charge in [-0.15, -0.1) is 0 Å². The van der Waals surface area contributed by atoms with Gasteiger partial charge in [-0.2, -0.15) is 0 Å². The van der Waals surface area contributed by atoms with Gasteiger partial charge in [-0.1, -0.05) is 13.8 Å². The number of rotatable bonds is 7. The summed E-state index contributed by atoms with van der Waals surface area (Å²) in [5.74, 6) is 0.568. The highest BCUT2D eigenvalue weighted by molar-refractivity contribution is 5.77. The van der Waals surface area contributed by atoms with Crippen LogP contribution >= 0.6 is 0 Å². The highest BCUT2D eigenvalue weighted by Crippen LogP contribution is 2.02. The van der Waals surface area contributed by atoms with Gasteiger partial charge in [0, 0.05) is 25.2 Å². The van der Waals surface area contributed by atoms with Crippen LogP contribution in [0.5, 0.6) is 0 Å². The Morgan fingerprint density at radius 2 is 2.22 bits per heavy atom. The molecule has 0 spiro atoms. The largest absolute Gasteiger partial charge is 0.379 e. The summed E-state index contributed by atoms with van der Waals surface area (Å²) in [5, 5.41) is 9.56. The van der Waals surface area contributed by atoms with Crippen molar-refractivity contribution in [2.24, 2.45) is 5.92 Å². The predicted octanol–water partition coefficient (Wildman–Crippen LogP) is 0.115. The fraction of sp³-hybridized carbons (Fsp3) is 0.923. The van der Waals surface area contributed by atoms with E-state index in [0.717, 1.165) is 32.7 Å². The van der Waals surface area contributed by atoms with Crippen molar-refractivity contribution >= 4 is 5.91 Å². The van der Waals surface area contributed by atoms with Gasteiger partial charge in [0.15, 0.2) is 0 Å². The lowest BCUT2D eigenvalue weighted by Crippen LogP contribution is -2.46. The first kappa shape index (κ1) is 15.4. The van der Waals surface area contributed by atoms with E-state index in [1.807, 2.05) is 0 Å². The summed E-state index contributed by atoms with van der Waals surface area (Å²) >= 11 is 0. The van der Waals surface area contributed by atoms with E-state index in [0.29, 0.717) is 24.5 Å². The van der Waals surface area contributed by atoms with Crippen LogP contribution in [0.2, 0.25) is 0 Å². The van der Waals surface area contributed by atoms with Gasteiger partial charge in [0.2, 0.25) is 5.91 Å². The van der Waals surface area contributed by atoms with Crippen LogP contribution < -0.4 is 16.0 Å². The lowest BCUT2D eigenvalue weighted by Gasteiger charge is -2.26. The molecule has 0 aromatic rings. The molecule has 2 atom stereocenters. The van der Waals surface area contributed by atoms with Crippen LogP contribution in [-0.2, 0) is 9.53 Å². The maximum absolute atomic E-state index is 11.5. The van der Waals surface area contributed by atoms with Crippen LogP contribution in [0, 0.1) is 5.92 Å². The normalized spacial score (nSPS) is 21.9. The Balaban J connectivity index is 2.08. The SMILES string of the molecule is CC(C)CNC(=O)CNC(C)CC1COCCN1. The highest BCUT2D eigenvalue weighted by Gasteiger charge is 2.16. The molecule has 18 heavy (non-hydrogen) atoms. The quantitative estimate of drug-likeness (QED) is 0.606. The molecule has 5 nitrogen and oxygen atoms in total. The van der Waals surface area contributed by atoms with Crippen LogP contribution in [-0.4, -0.2) is 50.8 Å². The van der Waals surface area contributed by atoms with Crippen molar-refractivity contribution in [1.29, 1.82) is 0 Å². The van der Waals surface area contributed by atoms with Gasteiger partial charge in [0.1, 0.15) is 0 Å². The minimum absolute atomic E-state index is 0.0726. The average Bonchev–Trinajstić information content (AvgIpc) is 2.35. The summed E-state index contributed by atoms with van der Waals surface area (Å²) < 4.78 is 5.40. The molecule has 1 aliphatic rings. The first-order valence-electron chi connectivity index (χ1n) is 6.89. The third-order valence-corrected chi connectivity index (χ3v) is 2.96. The first-order valence-corrected chi connectivity index (χ1v) is 6.89. The third kappa shape index (κ3) is 6.93. The zero-order valence-electron chi connectivity index (χ0n) is 11.8. The Hall–Kier alpha value is -0.650. The smallest absolute Gasteiger partial charge is 0.233 e. The number of hydrogen-bond donors (Lipinski definition) is 3. The minimum Gasteiger partial charge on any atom is -0.379 e. The van der Waals surface area contributed by atoms with Crippen LogP contribution in [0.3, 0.4) is 0 Å². The predicted molar refractivity (Wildman–Crippen MR) is 72.5 cm³/mol. The number of amides is 1. The Labute approximate surface area is 110 Å². The van der Waals surface area contributed by atoms with Gasteiger partial charge in [-0.05, 0) is 19.3 Å². The van der Waals surface area contributed by atoms with E-state index in [1.54, 1.807) is 0 Å². The van der Waals surface area contributed by atoms with Crippen molar-refractivity contribution < 1.29 is 9.53 Å². The molecule has 106 valence electrons. The number of hydrogen-bond acceptors (Lipinski definition) is 4. The molecule has 1 aliphatic heterocycles. The molecule has 1 rings (SSSR count). The molecule has 0 bridgehead atoms. The Morgan fingerprint density at radius 3 is 2.83 bits per heavy atom. The molecule has 1 amide bonds. The fourth-order valence-electron chi connectivity index (χ4n) is 1.93. The van der Waals surface area contributed by atoms with E-state index in [4.69, 9.17) is 4.74 Å². The van der Waals surface area contributed by atoms with E-state index in [-0.39, 0.29) is 5.91 Å². The van der Waals surface area contributed by atoms with Crippen molar-refractivity contribution in [1.82, 2.24) is 16.0 Å². The summed E-state index contributed by atoms with van der Waals surface area (Å²) in [7, 11) is 0. The summed E-state index contributed by atoms with van der Waals surface area (Å²) in [4.78, 5) is 11.5. The van der Waals surface area contributed by atoms with E-state index in [9.17, 15) is 4.79 Å². The van der Waals surface area contributed by atoms with Crippen molar-refractivity contribution in [3.05, 3.63) is 0 Å². The second-order valence-electron chi connectivity index (χ2n) is 5.44. The van der Waals surface area contributed by atoms with Gasteiger partial charge in [0.25, 0.3) is 0 Å². The van der Waals surface area contributed by atoms with Gasteiger partial charge in [-0.3, -0.25) is 4.79 Å². The highest BCUT2D eigenvalue weighted by atomic mass is 16.5. The van der Waals surface area contributed by atoms with Gasteiger partial charge in [0.05, 0.1) is 19.8 Å². The molecule has 5 heteroatoms. The molecule has 1 fully saturated rings. The molecule has 3 N–H and O–H groups in total. The fourth-order valence-corrected chi connectivity index (χ4v) is 1.93. The number of carbonyl (C=O) groups excluding carboxylic acids is 1. The molecule has 1 saturated heterocycles. The molecule has 1 heterocycles. The molecule has 0 radical (unpaired) electrons. The Morgan fingerprint density at radius 1 is 1.44 bits per heavy atom. The van der Waals surface area contributed by atoms with Gasteiger partial charge < -0.3 is 20.7 Å². The summed E-state index contributed by atoms with van der Waals surface area (Å²) in [6.45, 7) is 9.91. The molecule has 0 aromatic carbocycles. The van der Waals surface area contributed by atoms with Crippen LogP contribution in [0.1, 0.15) is 27.2 Å². The lowest BCUT2D eigenvalue weighted by atomic mass is 10.1. The molecule has 0 saturated carbocycles. The monoisotopic (exact) mass is 257 g/mol. The number of morpholine rings is 1. The lowest BCUT2D eigenvalue weighted by molar-refractivity contribution is -0.120. The van der Waals surface area contributed by atoms with Crippen LogP contribution in [0.25, 0.3) is 0 Å². The zero-order chi connectivity index (χ0) is 13.4. The second-order valence-corrected chi connectivity index (χ2v) is 5.44. The van der Waals surface area contributed by atoms with Crippen LogP contribution in [0.15, 0.2) is 0 Å². The topological polar surface area (TPSA) is 62.4 Å². The second kappa shape index (κ2) is 8.45. The Bertz CT molecular complexity index is 240. The van der Waals surface area contributed by atoms with Crippen molar-refractivity contribution in [3.63, 3.8) is 0 Å². The maximum atomic E-state index is 11.5.